The van der Waals surface area contributed by atoms with Crippen LogP contribution in [0, 0.1) is 0 Å². The maximum absolute atomic E-state index is 5.62. The van der Waals surface area contributed by atoms with E-state index in [-0.39, 0.29) is 0 Å². The van der Waals surface area contributed by atoms with Crippen molar-refractivity contribution in [3.05, 3.63) is 9.66 Å². The van der Waals surface area contributed by atoms with Gasteiger partial charge in [-0.2, -0.15) is 0 Å². The molecule has 0 aromatic heterocycles. The summed E-state index contributed by atoms with van der Waals surface area (Å²) in [4.78, 5) is 0. The number of hydrogen-bond acceptors (Lipinski definition) is 0. The van der Waals surface area contributed by atoms with Gasteiger partial charge in [-0.1, -0.05) is 0 Å². The number of halogens is 1. The molecule has 2 heteroatoms. The molecule has 0 saturated carbocycles. The molecule has 0 aliphatic rings. The average Bonchev–Trinajstić information content (AvgIpc) is 1.81. The Kier molecular flexibility index (Phi) is 8.93. The first-order chi connectivity index (χ1) is 3.91. The SMILES string of the molecule is CCCC/C=[CH]/[Hg][Cl]. The van der Waals surface area contributed by atoms with Gasteiger partial charge in [0.2, 0.25) is 0 Å². The summed E-state index contributed by atoms with van der Waals surface area (Å²) in [7, 11) is 5.62. The van der Waals surface area contributed by atoms with Crippen LogP contribution in [-0.2, 0) is 23.3 Å². The van der Waals surface area contributed by atoms with E-state index in [0.29, 0.717) is 0 Å². The van der Waals surface area contributed by atoms with Crippen LogP contribution in [-0.4, -0.2) is 0 Å². The quantitative estimate of drug-likeness (QED) is 0.552. The average molecular weight is 319 g/mol. The van der Waals surface area contributed by atoms with Gasteiger partial charge in [0.25, 0.3) is 0 Å². The molecule has 0 N–H and O–H groups in total. The molecule has 0 aromatic carbocycles. The van der Waals surface area contributed by atoms with Gasteiger partial charge in [0.05, 0.1) is 0 Å². The minimum absolute atomic E-state index is 0.910. The summed E-state index contributed by atoms with van der Waals surface area (Å²) in [5.74, 6) is 0. The van der Waals surface area contributed by atoms with Crippen LogP contribution in [0.5, 0.6) is 0 Å². The molecule has 0 heterocycles. The van der Waals surface area contributed by atoms with E-state index < -0.39 is 23.3 Å². The van der Waals surface area contributed by atoms with Crippen molar-refractivity contribution in [3.63, 3.8) is 0 Å². The molecule has 44 valence electrons. The zero-order chi connectivity index (χ0) is 6.24. The van der Waals surface area contributed by atoms with Crippen LogP contribution in [0.1, 0.15) is 26.2 Å². The molecule has 0 rings (SSSR count). The standard InChI is InChI=1S/C6H11.ClH.Hg/c1-3-5-6-4-2;;/h1,3H,4-6H2,2H3;1H;/q;;+1/p-1. The zero-order valence-electron chi connectivity index (χ0n) is 5.36. The Bertz CT molecular complexity index is 61.5. The van der Waals surface area contributed by atoms with Crippen LogP contribution in [0.15, 0.2) is 9.66 Å². The topological polar surface area (TPSA) is 0 Å². The molecule has 0 saturated heterocycles. The van der Waals surface area contributed by atoms with Crippen molar-refractivity contribution in [2.75, 3.05) is 0 Å². The Hall–Kier alpha value is 0.965. The molecule has 0 aromatic rings. The fourth-order valence-electron chi connectivity index (χ4n) is 0.503. The summed E-state index contributed by atoms with van der Waals surface area (Å²) in [6.07, 6.45) is 6.09. The van der Waals surface area contributed by atoms with Crippen LogP contribution in [0.25, 0.3) is 0 Å². The second kappa shape index (κ2) is 7.97. The van der Waals surface area contributed by atoms with Crippen LogP contribution in [0.3, 0.4) is 0 Å². The van der Waals surface area contributed by atoms with Gasteiger partial charge in [0.15, 0.2) is 0 Å². The van der Waals surface area contributed by atoms with E-state index in [0.717, 1.165) is 0 Å². The molecule has 0 atom stereocenters. The van der Waals surface area contributed by atoms with Crippen LogP contribution in [0.2, 0.25) is 0 Å². The van der Waals surface area contributed by atoms with Gasteiger partial charge in [0.1, 0.15) is 0 Å². The third kappa shape index (κ3) is 6.97. The van der Waals surface area contributed by atoms with Crippen LogP contribution < -0.4 is 0 Å². The van der Waals surface area contributed by atoms with Crippen molar-refractivity contribution in [3.8, 4) is 0 Å². The Balaban J connectivity index is 2.80. The summed E-state index contributed by atoms with van der Waals surface area (Å²) < 4.78 is 2.22. The molecule has 0 bridgehead atoms. The fraction of sp³-hybridized carbons (Fsp3) is 0.667. The fourth-order valence-corrected chi connectivity index (χ4v) is 3.01. The minimum atomic E-state index is -0.910. The molecular weight excluding hydrogens is 308 g/mol. The van der Waals surface area contributed by atoms with E-state index in [2.05, 4.69) is 16.6 Å². The Labute approximate surface area is 67.2 Å². The van der Waals surface area contributed by atoms with Gasteiger partial charge in [-0.05, 0) is 0 Å². The molecule has 0 aliphatic heterocycles. The number of rotatable bonds is 4. The van der Waals surface area contributed by atoms with E-state index in [1.54, 1.807) is 0 Å². The molecule has 0 fully saturated rings. The first-order valence-corrected chi connectivity index (χ1v) is 13.1. The van der Waals surface area contributed by atoms with Crippen LogP contribution in [0.4, 0.5) is 0 Å². The number of unbranched alkanes of at least 4 members (excludes halogenated alkanes) is 2. The second-order valence-corrected chi connectivity index (χ2v) is 7.51. The second-order valence-electron chi connectivity index (χ2n) is 1.77. The van der Waals surface area contributed by atoms with Crippen molar-refractivity contribution in [2.24, 2.45) is 0 Å². The van der Waals surface area contributed by atoms with E-state index in [1.165, 1.54) is 19.3 Å². The van der Waals surface area contributed by atoms with Gasteiger partial charge in [-0.15, -0.1) is 0 Å². The van der Waals surface area contributed by atoms with E-state index >= 15 is 0 Å². The maximum atomic E-state index is 5.62. The molecule has 0 amide bonds. The van der Waals surface area contributed by atoms with Gasteiger partial charge >= 0.3 is 67.4 Å². The molecule has 8 heavy (non-hydrogen) atoms. The molecule has 0 spiro atoms. The van der Waals surface area contributed by atoms with E-state index in [1.807, 2.05) is 0 Å². The predicted molar refractivity (Wildman–Crippen MR) is 34.5 cm³/mol. The summed E-state index contributed by atoms with van der Waals surface area (Å²) >= 11 is -0.910. The Morgan fingerprint density at radius 2 is 2.38 bits per heavy atom. The molecule has 0 nitrogen and oxygen atoms in total. The Morgan fingerprint density at radius 1 is 1.62 bits per heavy atom. The van der Waals surface area contributed by atoms with E-state index in [4.69, 9.17) is 8.25 Å². The number of allylic oxidation sites excluding steroid dienone is 1. The van der Waals surface area contributed by atoms with Gasteiger partial charge in [0, 0.05) is 0 Å². The van der Waals surface area contributed by atoms with Crippen molar-refractivity contribution in [1.29, 1.82) is 0 Å². The predicted octanol–water partition coefficient (Wildman–Crippen LogP) is 2.93. The zero-order valence-corrected chi connectivity index (χ0v) is 11.6. The molecule has 0 unspecified atom stereocenters. The third-order valence-electron chi connectivity index (χ3n) is 0.980. The molecule has 0 radical (unpaired) electrons. The van der Waals surface area contributed by atoms with Crippen molar-refractivity contribution >= 4 is 8.25 Å². The molecule has 0 aliphatic carbocycles. The van der Waals surface area contributed by atoms with Crippen molar-refractivity contribution in [2.45, 2.75) is 26.2 Å². The van der Waals surface area contributed by atoms with Crippen LogP contribution >= 0.6 is 8.25 Å². The summed E-state index contributed by atoms with van der Waals surface area (Å²) in [6.45, 7) is 2.21. The van der Waals surface area contributed by atoms with Gasteiger partial charge in [-0.25, -0.2) is 0 Å². The first kappa shape index (κ1) is 8.97. The third-order valence-corrected chi connectivity index (χ3v) is 4.53. The monoisotopic (exact) mass is 320 g/mol. The van der Waals surface area contributed by atoms with Crippen molar-refractivity contribution in [1.82, 2.24) is 0 Å². The number of hydrogen-bond donors (Lipinski definition) is 0. The summed E-state index contributed by atoms with van der Waals surface area (Å²) in [5, 5.41) is 0. The van der Waals surface area contributed by atoms with Crippen molar-refractivity contribution < 1.29 is 23.3 Å². The summed E-state index contributed by atoms with van der Waals surface area (Å²) in [6, 6.07) is 0. The Morgan fingerprint density at radius 3 is 2.88 bits per heavy atom. The van der Waals surface area contributed by atoms with E-state index in [9.17, 15) is 0 Å². The summed E-state index contributed by atoms with van der Waals surface area (Å²) in [5.41, 5.74) is 0. The normalized spacial score (nSPS) is 9.75. The molecular formula is C6H11ClHg. The first-order valence-electron chi connectivity index (χ1n) is 3.12. The van der Waals surface area contributed by atoms with Gasteiger partial charge < -0.3 is 0 Å². The van der Waals surface area contributed by atoms with Gasteiger partial charge in [-0.3, -0.25) is 0 Å².